The van der Waals surface area contributed by atoms with Gasteiger partial charge in [-0.05, 0) is 81.6 Å². The zero-order valence-electron chi connectivity index (χ0n) is 20.8. The molecule has 0 unspecified atom stereocenters. The number of rotatable bonds is 3. The highest BCUT2D eigenvalue weighted by molar-refractivity contribution is 7.12. The van der Waals surface area contributed by atoms with E-state index < -0.39 is 14.0 Å². The number of hydrogen-bond donors (Lipinski definition) is 0. The highest BCUT2D eigenvalue weighted by Gasteiger charge is 2.41. The summed E-state index contributed by atoms with van der Waals surface area (Å²) in [5.41, 5.74) is 8.24. The summed E-state index contributed by atoms with van der Waals surface area (Å²) in [5, 5.41) is 16.7. The lowest BCUT2D eigenvalue weighted by Gasteiger charge is -2.38. The Labute approximate surface area is 212 Å². The van der Waals surface area contributed by atoms with Crippen molar-refractivity contribution in [2.24, 2.45) is 0 Å². The molecular formula is C29H32N2O2SSi. The molecule has 2 fully saturated rings. The molecule has 0 atom stereocenters. The fourth-order valence-electron chi connectivity index (χ4n) is 6.32. The normalized spacial score (nSPS) is 20.9. The van der Waals surface area contributed by atoms with Gasteiger partial charge >= 0.3 is 0 Å². The maximum absolute atomic E-state index is 11.8. The largest absolute Gasteiger partial charge is 0.544 e. The maximum Gasteiger partial charge on any atom is 0.199 e. The zero-order chi connectivity index (χ0) is 24.3. The van der Waals surface area contributed by atoms with Crippen LogP contribution >= 0.6 is 11.3 Å². The van der Waals surface area contributed by atoms with Crippen LogP contribution in [0, 0.1) is 6.92 Å². The van der Waals surface area contributed by atoms with E-state index in [4.69, 9.17) is 0 Å². The molecule has 6 rings (SSSR count). The standard InChI is InChI=1S/C29H32N2O2SSi/c1-19-24(18-34-28(19)29(32)33)27-22-10-8-20(30-12-4-5-13-30)16-25(22)35(2,3)26-17-21(9-11-23(26)27)31-14-6-7-15-31/h8-11,16-18H,4-7,12-15H2,1-3H3. The van der Waals surface area contributed by atoms with E-state index in [1.54, 1.807) is 0 Å². The number of thiophene rings is 1. The van der Waals surface area contributed by atoms with Crippen molar-refractivity contribution in [3.63, 3.8) is 0 Å². The second-order valence-electron chi connectivity index (χ2n) is 10.7. The predicted molar refractivity (Wildman–Crippen MR) is 146 cm³/mol. The van der Waals surface area contributed by atoms with Gasteiger partial charge < -0.3 is 14.8 Å². The van der Waals surface area contributed by atoms with E-state index in [9.17, 15) is 9.90 Å². The van der Waals surface area contributed by atoms with Crippen LogP contribution in [0.15, 0.2) is 52.6 Å². The highest BCUT2D eigenvalue weighted by atomic mass is 32.1. The Bertz CT molecular complexity index is 1360. The quantitative estimate of drug-likeness (QED) is 0.472. The number of carbonyl (C=O) groups is 1. The SMILES string of the molecule is Cc1c(C2=C3C=CC(=[N+]4CCCC4)C=C3[Si](C)(C)c3cc(N4CCCC4)ccc32)csc1C(=O)[O-]. The first-order chi connectivity index (χ1) is 16.9. The molecule has 0 saturated carbocycles. The van der Waals surface area contributed by atoms with Crippen LogP contribution in [-0.2, 0) is 0 Å². The van der Waals surface area contributed by atoms with Crippen molar-refractivity contribution in [1.82, 2.24) is 0 Å². The van der Waals surface area contributed by atoms with Crippen molar-refractivity contribution in [2.75, 3.05) is 31.1 Å². The van der Waals surface area contributed by atoms with Crippen LogP contribution in [0.5, 0.6) is 0 Å². The van der Waals surface area contributed by atoms with Crippen LogP contribution in [0.4, 0.5) is 5.69 Å². The van der Waals surface area contributed by atoms with Crippen LogP contribution < -0.4 is 15.2 Å². The van der Waals surface area contributed by atoms with Gasteiger partial charge in [-0.15, -0.1) is 11.3 Å². The van der Waals surface area contributed by atoms with E-state index in [-0.39, 0.29) is 0 Å². The third kappa shape index (κ3) is 3.61. The lowest BCUT2D eigenvalue weighted by atomic mass is 9.89. The molecule has 4 aliphatic rings. The number of aromatic carboxylic acids is 1. The van der Waals surface area contributed by atoms with Crippen LogP contribution in [0.25, 0.3) is 5.57 Å². The summed E-state index contributed by atoms with van der Waals surface area (Å²) in [5.74, 6) is -1.08. The van der Waals surface area contributed by atoms with Crippen molar-refractivity contribution in [3.05, 3.63) is 74.1 Å². The zero-order valence-corrected chi connectivity index (χ0v) is 22.6. The molecule has 4 nitrogen and oxygen atoms in total. The summed E-state index contributed by atoms with van der Waals surface area (Å²) in [6.07, 6.45) is 12.1. The maximum atomic E-state index is 11.8. The molecule has 180 valence electrons. The molecular weight excluding hydrogens is 468 g/mol. The van der Waals surface area contributed by atoms with Gasteiger partial charge in [0.15, 0.2) is 5.71 Å². The predicted octanol–water partition coefficient (Wildman–Crippen LogP) is 4.03. The van der Waals surface area contributed by atoms with E-state index in [2.05, 4.69) is 59.0 Å². The molecule has 0 N–H and O–H groups in total. The summed E-state index contributed by atoms with van der Waals surface area (Å²) in [6.45, 7) is 11.4. The summed E-state index contributed by atoms with van der Waals surface area (Å²) >= 11 is 1.29. The van der Waals surface area contributed by atoms with E-state index in [1.165, 1.54) is 75.5 Å². The van der Waals surface area contributed by atoms with Crippen molar-refractivity contribution < 1.29 is 14.5 Å². The van der Waals surface area contributed by atoms with Gasteiger partial charge in [-0.25, -0.2) is 4.58 Å². The lowest BCUT2D eigenvalue weighted by Crippen LogP contribution is -2.50. The number of carboxylic acid groups (broad SMARTS) is 1. The highest BCUT2D eigenvalue weighted by Crippen LogP contribution is 2.44. The van der Waals surface area contributed by atoms with E-state index in [0.717, 1.165) is 37.3 Å². The first-order valence-corrected chi connectivity index (χ1v) is 16.7. The van der Waals surface area contributed by atoms with Crippen LogP contribution in [-0.4, -0.2) is 50.5 Å². The number of allylic oxidation sites excluding steroid dienone is 5. The minimum atomic E-state index is -2.00. The van der Waals surface area contributed by atoms with Gasteiger partial charge in [-0.1, -0.05) is 19.2 Å². The molecule has 1 aromatic heterocycles. The van der Waals surface area contributed by atoms with Gasteiger partial charge in [-0.3, -0.25) is 0 Å². The molecule has 2 saturated heterocycles. The average molecular weight is 501 g/mol. The smallest absolute Gasteiger partial charge is 0.199 e. The van der Waals surface area contributed by atoms with Crippen molar-refractivity contribution in [2.45, 2.75) is 45.7 Å². The number of anilines is 1. The minimum absolute atomic E-state index is 0.333. The average Bonchev–Trinajstić information content (AvgIpc) is 3.62. The Balaban J connectivity index is 1.61. The van der Waals surface area contributed by atoms with Crippen molar-refractivity contribution >= 4 is 47.5 Å². The third-order valence-corrected chi connectivity index (χ3v) is 12.9. The molecule has 0 amide bonds. The number of carboxylic acids is 1. The molecule has 3 aliphatic heterocycles. The monoisotopic (exact) mass is 500 g/mol. The summed E-state index contributed by atoms with van der Waals surface area (Å²) < 4.78 is 2.52. The number of nitrogens with zero attached hydrogens (tertiary/aromatic N) is 2. The van der Waals surface area contributed by atoms with Gasteiger partial charge in [0.2, 0.25) is 0 Å². The summed E-state index contributed by atoms with van der Waals surface area (Å²) in [6, 6.07) is 7.04. The van der Waals surface area contributed by atoms with Crippen molar-refractivity contribution in [1.29, 1.82) is 0 Å². The van der Waals surface area contributed by atoms with E-state index >= 15 is 0 Å². The topological polar surface area (TPSA) is 46.4 Å². The summed E-state index contributed by atoms with van der Waals surface area (Å²) in [4.78, 5) is 14.6. The molecule has 1 aromatic carbocycles. The molecule has 6 heteroatoms. The van der Waals surface area contributed by atoms with Gasteiger partial charge in [0, 0.05) is 43.8 Å². The Morgan fingerprint density at radius 1 is 1.06 bits per heavy atom. The van der Waals surface area contributed by atoms with E-state index in [1.807, 2.05) is 12.3 Å². The second-order valence-corrected chi connectivity index (χ2v) is 15.9. The Hall–Kier alpha value is -2.70. The van der Waals surface area contributed by atoms with Crippen LogP contribution in [0.2, 0.25) is 13.1 Å². The second kappa shape index (κ2) is 8.45. The molecule has 2 aromatic rings. The Kier molecular flexibility index (Phi) is 5.49. The molecule has 0 radical (unpaired) electrons. The Morgan fingerprint density at radius 3 is 2.49 bits per heavy atom. The van der Waals surface area contributed by atoms with Gasteiger partial charge in [0.1, 0.15) is 21.2 Å². The van der Waals surface area contributed by atoms with Gasteiger partial charge in [0.05, 0.1) is 10.8 Å². The first kappa shape index (κ1) is 22.7. The number of fused-ring (bicyclic) bond motifs is 2. The van der Waals surface area contributed by atoms with Crippen LogP contribution in [0.3, 0.4) is 0 Å². The number of hydrogen-bond acceptors (Lipinski definition) is 4. The number of carbonyl (C=O) groups excluding carboxylic acids is 1. The van der Waals surface area contributed by atoms with E-state index in [0.29, 0.717) is 4.88 Å². The summed E-state index contributed by atoms with van der Waals surface area (Å²) in [7, 11) is -2.00. The van der Waals surface area contributed by atoms with Crippen molar-refractivity contribution in [3.8, 4) is 0 Å². The molecule has 0 spiro atoms. The molecule has 0 bridgehead atoms. The molecule has 35 heavy (non-hydrogen) atoms. The third-order valence-electron chi connectivity index (χ3n) is 8.33. The van der Waals surface area contributed by atoms with Gasteiger partial charge in [0.25, 0.3) is 0 Å². The fourth-order valence-corrected chi connectivity index (χ4v) is 10.3. The Morgan fingerprint density at radius 2 is 1.80 bits per heavy atom. The molecule has 1 aliphatic carbocycles. The molecule has 4 heterocycles. The van der Waals surface area contributed by atoms with Gasteiger partial charge in [-0.2, -0.15) is 0 Å². The number of benzene rings is 1. The fraction of sp³-hybridized carbons (Fsp3) is 0.379. The minimum Gasteiger partial charge on any atom is -0.544 e. The first-order valence-electron chi connectivity index (χ1n) is 12.8. The lowest BCUT2D eigenvalue weighted by molar-refractivity contribution is -0.504. The van der Waals surface area contributed by atoms with Crippen LogP contribution in [0.1, 0.15) is 52.0 Å².